The van der Waals surface area contributed by atoms with Crippen LogP contribution in [0.3, 0.4) is 0 Å². The summed E-state index contributed by atoms with van der Waals surface area (Å²) in [6.45, 7) is 1.46. The second-order valence-electron chi connectivity index (χ2n) is 4.36. The molecule has 1 heterocycles. The standard InChI is InChI=1S/C15H17N3O3.ClH/c1-10-15(20)12(11(9-19)7-16-10)8-17-18-13-5-3-4-6-14(13)21-2;/h3-8,18-20H,9H2,1-2H3;1H/p-1. The number of aromatic nitrogens is 1. The largest absolute Gasteiger partial charge is 1.00 e. The number of nitrogens with zero attached hydrogens (tertiary/aromatic N) is 2. The number of hydrogen-bond donors (Lipinski definition) is 3. The SMILES string of the molecule is COc1ccccc1NN=Cc1c(CO)cnc(C)c1O.[Cl-]. The van der Waals surface area contributed by atoms with E-state index in [0.717, 1.165) is 0 Å². The average molecular weight is 323 g/mol. The molecule has 0 aliphatic carbocycles. The Morgan fingerprint density at radius 2 is 2.09 bits per heavy atom. The molecule has 7 heteroatoms. The molecular weight excluding hydrogens is 306 g/mol. The zero-order valence-electron chi connectivity index (χ0n) is 12.2. The zero-order chi connectivity index (χ0) is 15.2. The van der Waals surface area contributed by atoms with Gasteiger partial charge in [0.1, 0.15) is 11.5 Å². The Kier molecular flexibility index (Phi) is 6.62. The number of rotatable bonds is 5. The molecule has 0 saturated heterocycles. The minimum Gasteiger partial charge on any atom is -1.00 e. The number of ether oxygens (including phenoxy) is 1. The summed E-state index contributed by atoms with van der Waals surface area (Å²) in [5.41, 5.74) is 4.96. The third-order valence-corrected chi connectivity index (χ3v) is 3.01. The molecule has 2 rings (SSSR count). The maximum absolute atomic E-state index is 9.99. The van der Waals surface area contributed by atoms with Gasteiger partial charge in [0, 0.05) is 17.3 Å². The first kappa shape index (κ1) is 17.7. The molecule has 3 N–H and O–H groups in total. The van der Waals surface area contributed by atoms with E-state index in [0.29, 0.717) is 28.3 Å². The predicted octanol–water partition coefficient (Wildman–Crippen LogP) is -0.953. The van der Waals surface area contributed by atoms with Crippen molar-refractivity contribution in [3.63, 3.8) is 0 Å². The molecule has 6 nitrogen and oxygen atoms in total. The molecule has 0 saturated carbocycles. The number of aliphatic hydroxyl groups is 1. The van der Waals surface area contributed by atoms with Crippen molar-refractivity contribution in [2.75, 3.05) is 12.5 Å². The third kappa shape index (κ3) is 3.87. The number of methoxy groups -OCH3 is 1. The van der Waals surface area contributed by atoms with Crippen LogP contribution in [-0.2, 0) is 6.61 Å². The van der Waals surface area contributed by atoms with Gasteiger partial charge in [-0.15, -0.1) is 0 Å². The first-order valence-electron chi connectivity index (χ1n) is 6.37. The van der Waals surface area contributed by atoms with Crippen LogP contribution in [0.1, 0.15) is 16.8 Å². The predicted molar refractivity (Wildman–Crippen MR) is 80.8 cm³/mol. The van der Waals surface area contributed by atoms with Gasteiger partial charge in [0.05, 0.1) is 31.3 Å². The molecule has 22 heavy (non-hydrogen) atoms. The van der Waals surface area contributed by atoms with E-state index in [9.17, 15) is 10.2 Å². The number of hydrazone groups is 1. The van der Waals surface area contributed by atoms with Crippen molar-refractivity contribution in [2.24, 2.45) is 5.10 Å². The molecular formula is C15H17ClN3O3-. The van der Waals surface area contributed by atoms with Gasteiger partial charge in [-0.1, -0.05) is 12.1 Å². The first-order valence-corrected chi connectivity index (χ1v) is 6.37. The summed E-state index contributed by atoms with van der Waals surface area (Å²) in [5, 5.41) is 23.3. The Labute approximate surface area is 134 Å². The van der Waals surface area contributed by atoms with Gasteiger partial charge in [-0.3, -0.25) is 10.4 Å². The quantitative estimate of drug-likeness (QED) is 0.488. The number of anilines is 1. The number of halogens is 1. The molecule has 1 aromatic heterocycles. The van der Waals surface area contributed by atoms with Crippen molar-refractivity contribution in [1.82, 2.24) is 4.98 Å². The summed E-state index contributed by atoms with van der Waals surface area (Å²) in [7, 11) is 1.58. The van der Waals surface area contributed by atoms with Crippen molar-refractivity contribution in [1.29, 1.82) is 0 Å². The fraction of sp³-hybridized carbons (Fsp3) is 0.200. The Hall–Kier alpha value is -2.31. The van der Waals surface area contributed by atoms with Crippen molar-refractivity contribution < 1.29 is 27.4 Å². The van der Waals surface area contributed by atoms with E-state index in [1.165, 1.54) is 12.4 Å². The summed E-state index contributed by atoms with van der Waals surface area (Å²) >= 11 is 0. The number of aryl methyl sites for hydroxylation is 1. The van der Waals surface area contributed by atoms with Crippen LogP contribution in [0.4, 0.5) is 5.69 Å². The van der Waals surface area contributed by atoms with E-state index in [1.54, 1.807) is 14.0 Å². The van der Waals surface area contributed by atoms with Crippen molar-refractivity contribution in [2.45, 2.75) is 13.5 Å². The van der Waals surface area contributed by atoms with E-state index >= 15 is 0 Å². The van der Waals surface area contributed by atoms with Crippen LogP contribution in [0.2, 0.25) is 0 Å². The Morgan fingerprint density at radius 3 is 2.77 bits per heavy atom. The third-order valence-electron chi connectivity index (χ3n) is 3.01. The highest BCUT2D eigenvalue weighted by atomic mass is 35.5. The minimum atomic E-state index is -0.225. The number of para-hydroxylation sites is 2. The van der Waals surface area contributed by atoms with Crippen LogP contribution in [-0.4, -0.2) is 28.5 Å². The van der Waals surface area contributed by atoms with Crippen LogP contribution in [0, 0.1) is 6.92 Å². The maximum atomic E-state index is 9.99. The van der Waals surface area contributed by atoms with Gasteiger partial charge < -0.3 is 27.4 Å². The smallest absolute Gasteiger partial charge is 0.145 e. The van der Waals surface area contributed by atoms with Gasteiger partial charge in [0.15, 0.2) is 0 Å². The number of aliphatic hydroxyl groups excluding tert-OH is 1. The fourth-order valence-electron chi connectivity index (χ4n) is 1.83. The lowest BCUT2D eigenvalue weighted by Crippen LogP contribution is -3.00. The lowest BCUT2D eigenvalue weighted by atomic mass is 10.1. The molecule has 0 unspecified atom stereocenters. The normalized spacial score (nSPS) is 10.3. The second-order valence-corrected chi connectivity index (χ2v) is 4.36. The van der Waals surface area contributed by atoms with Crippen LogP contribution < -0.4 is 22.6 Å². The van der Waals surface area contributed by atoms with E-state index in [4.69, 9.17) is 4.74 Å². The Balaban J connectivity index is 0.00000242. The van der Waals surface area contributed by atoms with E-state index in [1.807, 2.05) is 24.3 Å². The number of benzene rings is 1. The highest BCUT2D eigenvalue weighted by molar-refractivity contribution is 5.86. The lowest BCUT2D eigenvalue weighted by Gasteiger charge is -2.08. The van der Waals surface area contributed by atoms with Gasteiger partial charge in [0.2, 0.25) is 0 Å². The summed E-state index contributed by atoms with van der Waals surface area (Å²) in [4.78, 5) is 3.99. The first-order chi connectivity index (χ1) is 10.2. The van der Waals surface area contributed by atoms with Gasteiger partial charge >= 0.3 is 0 Å². The molecule has 2 aromatic rings. The van der Waals surface area contributed by atoms with Crippen molar-refractivity contribution >= 4 is 11.9 Å². The monoisotopic (exact) mass is 322 g/mol. The van der Waals surface area contributed by atoms with Crippen molar-refractivity contribution in [3.8, 4) is 11.5 Å². The van der Waals surface area contributed by atoms with Crippen LogP contribution in [0.25, 0.3) is 0 Å². The number of aromatic hydroxyl groups is 1. The molecule has 1 aromatic carbocycles. The topological polar surface area (TPSA) is 87.0 Å². The molecule has 0 atom stereocenters. The summed E-state index contributed by atoms with van der Waals surface area (Å²) < 4.78 is 5.20. The zero-order valence-corrected chi connectivity index (χ0v) is 13.0. The fourth-order valence-corrected chi connectivity index (χ4v) is 1.83. The molecule has 0 aliphatic rings. The number of pyridine rings is 1. The number of hydrogen-bond acceptors (Lipinski definition) is 6. The second kappa shape index (κ2) is 8.21. The van der Waals surface area contributed by atoms with Crippen LogP contribution in [0.5, 0.6) is 11.5 Å². The molecule has 0 aliphatic heterocycles. The van der Waals surface area contributed by atoms with Gasteiger partial charge in [-0.2, -0.15) is 5.10 Å². The van der Waals surface area contributed by atoms with Crippen LogP contribution >= 0.6 is 0 Å². The summed E-state index contributed by atoms with van der Waals surface area (Å²) in [6.07, 6.45) is 2.96. The average Bonchev–Trinajstić information content (AvgIpc) is 2.52. The van der Waals surface area contributed by atoms with Crippen molar-refractivity contribution in [3.05, 3.63) is 47.3 Å². The Morgan fingerprint density at radius 1 is 1.36 bits per heavy atom. The van der Waals surface area contributed by atoms with Gasteiger partial charge in [0.25, 0.3) is 0 Å². The van der Waals surface area contributed by atoms with E-state index < -0.39 is 0 Å². The lowest BCUT2D eigenvalue weighted by molar-refractivity contribution is -0.00000652. The van der Waals surface area contributed by atoms with Crippen LogP contribution in [0.15, 0.2) is 35.6 Å². The number of nitrogens with one attached hydrogen (secondary N) is 1. The van der Waals surface area contributed by atoms with Gasteiger partial charge in [-0.25, -0.2) is 0 Å². The molecule has 0 radical (unpaired) electrons. The molecule has 0 amide bonds. The molecule has 0 fully saturated rings. The highest BCUT2D eigenvalue weighted by Crippen LogP contribution is 2.24. The maximum Gasteiger partial charge on any atom is 0.145 e. The Bertz CT molecular complexity index is 662. The van der Waals surface area contributed by atoms with Gasteiger partial charge in [-0.05, 0) is 19.1 Å². The molecule has 118 valence electrons. The summed E-state index contributed by atoms with van der Waals surface area (Å²) in [6, 6.07) is 7.34. The molecule has 0 bridgehead atoms. The minimum absolute atomic E-state index is 0. The summed E-state index contributed by atoms with van der Waals surface area (Å²) in [5.74, 6) is 0.666. The molecule has 0 spiro atoms. The van der Waals surface area contributed by atoms with E-state index in [2.05, 4.69) is 15.5 Å². The highest BCUT2D eigenvalue weighted by Gasteiger charge is 2.09. The van der Waals surface area contributed by atoms with E-state index in [-0.39, 0.29) is 24.8 Å².